The Balaban J connectivity index is 2.07. The minimum absolute atomic E-state index is 0.631. The Morgan fingerprint density at radius 3 is 2.59 bits per heavy atom. The molecule has 0 bridgehead atoms. The van der Waals surface area contributed by atoms with Crippen LogP contribution < -0.4 is 0 Å². The van der Waals surface area contributed by atoms with Crippen molar-refractivity contribution in [2.75, 3.05) is 0 Å². The summed E-state index contributed by atoms with van der Waals surface area (Å²) in [6, 6.07) is 11.8. The van der Waals surface area contributed by atoms with Crippen LogP contribution in [0.2, 0.25) is 0 Å². The molecule has 2 heteroatoms. The lowest BCUT2D eigenvalue weighted by molar-refractivity contribution is 0.112. The van der Waals surface area contributed by atoms with Gasteiger partial charge in [-0.3, -0.25) is 9.78 Å². The summed E-state index contributed by atoms with van der Waals surface area (Å²) in [5.74, 6) is 0.631. The molecular weight excluding hydrogens is 210 g/mol. The lowest BCUT2D eigenvalue weighted by Crippen LogP contribution is -1.94. The van der Waals surface area contributed by atoms with Gasteiger partial charge in [0.25, 0.3) is 0 Å². The number of pyridine rings is 1. The van der Waals surface area contributed by atoms with Gasteiger partial charge in [-0.15, -0.1) is 0 Å². The first-order valence-electron chi connectivity index (χ1n) is 5.89. The van der Waals surface area contributed by atoms with Gasteiger partial charge < -0.3 is 0 Å². The molecular formula is C15H13NO. The highest BCUT2D eigenvalue weighted by atomic mass is 16.1. The molecule has 1 heterocycles. The third-order valence-corrected chi connectivity index (χ3v) is 3.16. The van der Waals surface area contributed by atoms with Crippen LogP contribution in [0.15, 0.2) is 42.6 Å². The van der Waals surface area contributed by atoms with Crippen LogP contribution in [-0.4, -0.2) is 11.3 Å². The van der Waals surface area contributed by atoms with Crippen LogP contribution in [-0.2, 0) is 0 Å². The average Bonchev–Trinajstić information content (AvgIpc) is 3.23. The van der Waals surface area contributed by atoms with Gasteiger partial charge in [0.2, 0.25) is 0 Å². The van der Waals surface area contributed by atoms with Crippen LogP contribution in [0.5, 0.6) is 0 Å². The smallest absolute Gasteiger partial charge is 0.152 e. The van der Waals surface area contributed by atoms with Crippen LogP contribution in [0.1, 0.15) is 34.7 Å². The molecule has 3 rings (SSSR count). The number of carbonyl (C=O) groups is 1. The zero-order chi connectivity index (χ0) is 11.7. The summed E-state index contributed by atoms with van der Waals surface area (Å²) in [7, 11) is 0. The van der Waals surface area contributed by atoms with Crippen molar-refractivity contribution in [3.8, 4) is 11.3 Å². The van der Waals surface area contributed by atoms with E-state index in [4.69, 9.17) is 0 Å². The summed E-state index contributed by atoms with van der Waals surface area (Å²) < 4.78 is 0. The minimum atomic E-state index is 0.631. The average molecular weight is 223 g/mol. The molecule has 17 heavy (non-hydrogen) atoms. The Morgan fingerprint density at radius 1 is 1.18 bits per heavy atom. The van der Waals surface area contributed by atoms with E-state index in [-0.39, 0.29) is 0 Å². The van der Waals surface area contributed by atoms with Crippen molar-refractivity contribution in [3.63, 3.8) is 0 Å². The van der Waals surface area contributed by atoms with Gasteiger partial charge in [-0.25, -0.2) is 0 Å². The zero-order valence-electron chi connectivity index (χ0n) is 9.47. The fourth-order valence-electron chi connectivity index (χ4n) is 2.07. The maximum absolute atomic E-state index is 11.2. The largest absolute Gasteiger partial charge is 0.298 e. The number of carbonyl (C=O) groups excluding carboxylic acids is 1. The quantitative estimate of drug-likeness (QED) is 0.746. The third kappa shape index (κ3) is 1.98. The zero-order valence-corrected chi connectivity index (χ0v) is 9.47. The fraction of sp³-hybridized carbons (Fsp3) is 0.200. The lowest BCUT2D eigenvalue weighted by atomic mass is 10.0. The van der Waals surface area contributed by atoms with E-state index >= 15 is 0 Å². The Hall–Kier alpha value is -1.96. The van der Waals surface area contributed by atoms with Gasteiger partial charge in [-0.1, -0.05) is 30.3 Å². The number of nitrogens with zero attached hydrogens (tertiary/aromatic N) is 1. The summed E-state index contributed by atoms with van der Waals surface area (Å²) in [5.41, 5.74) is 3.68. The van der Waals surface area contributed by atoms with Crippen molar-refractivity contribution in [3.05, 3.63) is 53.7 Å². The van der Waals surface area contributed by atoms with Gasteiger partial charge in [0.15, 0.2) is 6.29 Å². The molecule has 1 saturated carbocycles. The second-order valence-electron chi connectivity index (χ2n) is 4.46. The number of benzene rings is 1. The van der Waals surface area contributed by atoms with Gasteiger partial charge in [-0.05, 0) is 30.4 Å². The molecule has 2 nitrogen and oxygen atoms in total. The van der Waals surface area contributed by atoms with Gasteiger partial charge in [0.1, 0.15) is 0 Å². The van der Waals surface area contributed by atoms with E-state index in [0.29, 0.717) is 11.5 Å². The molecule has 1 aliphatic rings. The molecule has 2 aromatic rings. The molecule has 1 fully saturated rings. The number of hydrogen-bond acceptors (Lipinski definition) is 2. The molecule has 0 radical (unpaired) electrons. The van der Waals surface area contributed by atoms with Crippen LogP contribution in [0.4, 0.5) is 0 Å². The van der Waals surface area contributed by atoms with E-state index in [1.54, 1.807) is 0 Å². The maximum Gasteiger partial charge on any atom is 0.152 e. The first kappa shape index (κ1) is 10.2. The molecule has 0 amide bonds. The predicted octanol–water partition coefficient (Wildman–Crippen LogP) is 3.44. The van der Waals surface area contributed by atoms with Crippen molar-refractivity contribution >= 4 is 6.29 Å². The van der Waals surface area contributed by atoms with E-state index in [1.165, 1.54) is 18.4 Å². The molecule has 0 saturated heterocycles. The van der Waals surface area contributed by atoms with Gasteiger partial charge in [0, 0.05) is 17.3 Å². The summed E-state index contributed by atoms with van der Waals surface area (Å²) in [4.78, 5) is 15.6. The second-order valence-corrected chi connectivity index (χ2v) is 4.46. The normalized spacial score (nSPS) is 14.6. The minimum Gasteiger partial charge on any atom is -0.298 e. The Bertz CT molecular complexity index is 544. The number of aldehydes is 1. The molecule has 84 valence electrons. The molecule has 1 aromatic heterocycles. The Kier molecular flexibility index (Phi) is 2.48. The van der Waals surface area contributed by atoms with E-state index in [0.717, 1.165) is 17.5 Å². The summed E-state index contributed by atoms with van der Waals surface area (Å²) >= 11 is 0. The molecule has 1 aromatic carbocycles. The number of rotatable bonds is 3. The van der Waals surface area contributed by atoms with E-state index < -0.39 is 0 Å². The highest BCUT2D eigenvalue weighted by Gasteiger charge is 2.24. The maximum atomic E-state index is 11.2. The van der Waals surface area contributed by atoms with E-state index in [2.05, 4.69) is 4.98 Å². The highest BCUT2D eigenvalue weighted by Crippen LogP contribution is 2.40. The molecule has 0 spiro atoms. The number of aromatic nitrogens is 1. The highest BCUT2D eigenvalue weighted by molar-refractivity contribution is 5.85. The Morgan fingerprint density at radius 2 is 1.94 bits per heavy atom. The summed E-state index contributed by atoms with van der Waals surface area (Å²) in [6.45, 7) is 0. The van der Waals surface area contributed by atoms with Gasteiger partial charge in [-0.2, -0.15) is 0 Å². The van der Waals surface area contributed by atoms with Crippen molar-refractivity contribution in [1.82, 2.24) is 4.98 Å². The van der Waals surface area contributed by atoms with Crippen molar-refractivity contribution in [2.24, 2.45) is 0 Å². The first-order chi connectivity index (χ1) is 8.38. The van der Waals surface area contributed by atoms with Crippen molar-refractivity contribution < 1.29 is 4.79 Å². The van der Waals surface area contributed by atoms with Crippen LogP contribution in [0.3, 0.4) is 0 Å². The fourth-order valence-corrected chi connectivity index (χ4v) is 2.07. The predicted molar refractivity (Wildman–Crippen MR) is 67.0 cm³/mol. The SMILES string of the molecule is O=Cc1cc(C2CC2)cnc1-c1ccccc1. The van der Waals surface area contributed by atoms with Gasteiger partial charge >= 0.3 is 0 Å². The first-order valence-corrected chi connectivity index (χ1v) is 5.89. The molecule has 0 aliphatic heterocycles. The molecule has 0 unspecified atom stereocenters. The lowest BCUT2D eigenvalue weighted by Gasteiger charge is -2.06. The van der Waals surface area contributed by atoms with Crippen LogP contribution >= 0.6 is 0 Å². The van der Waals surface area contributed by atoms with Crippen LogP contribution in [0.25, 0.3) is 11.3 Å². The third-order valence-electron chi connectivity index (χ3n) is 3.16. The van der Waals surface area contributed by atoms with E-state index in [1.807, 2.05) is 42.6 Å². The topological polar surface area (TPSA) is 30.0 Å². The summed E-state index contributed by atoms with van der Waals surface area (Å²) in [6.07, 6.45) is 5.27. The molecule has 1 aliphatic carbocycles. The van der Waals surface area contributed by atoms with Crippen molar-refractivity contribution in [1.29, 1.82) is 0 Å². The van der Waals surface area contributed by atoms with Crippen LogP contribution in [0, 0.1) is 0 Å². The molecule has 0 N–H and O–H groups in total. The number of hydrogen-bond donors (Lipinski definition) is 0. The molecule has 0 atom stereocenters. The van der Waals surface area contributed by atoms with Crippen molar-refractivity contribution in [2.45, 2.75) is 18.8 Å². The summed E-state index contributed by atoms with van der Waals surface area (Å²) in [5, 5.41) is 0. The standard InChI is InChI=1S/C15H13NO/c17-10-14-8-13(11-6-7-11)9-16-15(14)12-4-2-1-3-5-12/h1-5,8-11H,6-7H2. The van der Waals surface area contributed by atoms with E-state index in [9.17, 15) is 4.79 Å². The monoisotopic (exact) mass is 223 g/mol. The Labute approximate surface area is 100 Å². The second kappa shape index (κ2) is 4.13. The van der Waals surface area contributed by atoms with Gasteiger partial charge in [0.05, 0.1) is 5.69 Å².